The van der Waals surface area contributed by atoms with Crippen LogP contribution < -0.4 is 5.32 Å². The molecule has 0 unspecified atom stereocenters. The molecule has 3 heterocycles. The van der Waals surface area contributed by atoms with Crippen molar-refractivity contribution < 1.29 is 9.59 Å². The lowest BCUT2D eigenvalue weighted by molar-refractivity contribution is -0.131. The highest BCUT2D eigenvalue weighted by atomic mass is 35.5. The maximum Gasteiger partial charge on any atom is 0.277 e. The normalized spacial score (nSPS) is 13.1. The number of aromatic nitrogens is 3. The van der Waals surface area contributed by atoms with E-state index in [1.54, 1.807) is 11.0 Å². The number of rotatable bonds is 4. The number of nitrogens with one attached hydrogen (secondary N) is 1. The number of carbonyl (C=O) groups is 2. The summed E-state index contributed by atoms with van der Waals surface area (Å²) in [6, 6.07) is 7.37. The van der Waals surface area contributed by atoms with Crippen LogP contribution in [0.2, 0.25) is 5.02 Å². The maximum atomic E-state index is 12.7. The quantitative estimate of drug-likeness (QED) is 0.710. The zero-order valence-corrected chi connectivity index (χ0v) is 16.3. The third-order valence-corrected chi connectivity index (χ3v) is 5.77. The van der Waals surface area contributed by atoms with Gasteiger partial charge in [-0.15, -0.1) is 0 Å². The molecular weight excluding hydrogens is 398 g/mol. The molecule has 9 heteroatoms. The smallest absolute Gasteiger partial charge is 0.277 e. The fraction of sp³-hybridized carbons (Fsp3) is 0.211. The van der Waals surface area contributed by atoms with Crippen LogP contribution in [0.15, 0.2) is 42.9 Å². The summed E-state index contributed by atoms with van der Waals surface area (Å²) in [5.41, 5.74) is 1.97. The molecule has 1 aliphatic heterocycles. The Labute approximate surface area is 170 Å². The molecule has 0 saturated carbocycles. The molecule has 28 heavy (non-hydrogen) atoms. The highest BCUT2D eigenvalue weighted by Gasteiger charge is 2.25. The van der Waals surface area contributed by atoms with E-state index in [0.29, 0.717) is 29.7 Å². The summed E-state index contributed by atoms with van der Waals surface area (Å²) in [4.78, 5) is 40.0. The van der Waals surface area contributed by atoms with Crippen LogP contribution in [0.4, 0.5) is 5.13 Å². The first-order valence-electron chi connectivity index (χ1n) is 8.67. The van der Waals surface area contributed by atoms with Crippen LogP contribution in [-0.2, 0) is 24.2 Å². The molecule has 3 aromatic rings. The molecule has 0 bridgehead atoms. The second-order valence-electron chi connectivity index (χ2n) is 6.27. The minimum absolute atomic E-state index is 0.0253. The molecular formula is C19H16ClN5O2S. The standard InChI is InChI=1S/C19H16ClN5O2S/c20-13-4-2-1-3-12(13)9-17(26)25-8-5-14-16(11-25)28-19(23-14)24-18(27)15-10-21-6-7-22-15/h1-4,6-7,10H,5,8-9,11H2,(H,23,24,27). The van der Waals surface area contributed by atoms with Crippen LogP contribution in [0.5, 0.6) is 0 Å². The molecule has 1 aliphatic rings. The number of anilines is 1. The molecule has 1 N–H and O–H groups in total. The van der Waals surface area contributed by atoms with E-state index in [4.69, 9.17) is 11.6 Å². The molecule has 0 radical (unpaired) electrons. The number of fused-ring (bicyclic) bond motifs is 1. The van der Waals surface area contributed by atoms with E-state index < -0.39 is 0 Å². The third-order valence-electron chi connectivity index (χ3n) is 4.40. The minimum atomic E-state index is -0.356. The highest BCUT2D eigenvalue weighted by Crippen LogP contribution is 2.29. The summed E-state index contributed by atoms with van der Waals surface area (Å²) in [7, 11) is 0. The highest BCUT2D eigenvalue weighted by molar-refractivity contribution is 7.15. The van der Waals surface area contributed by atoms with Crippen molar-refractivity contribution in [2.75, 3.05) is 11.9 Å². The molecule has 0 spiro atoms. The van der Waals surface area contributed by atoms with E-state index in [-0.39, 0.29) is 23.9 Å². The molecule has 0 fully saturated rings. The number of thiazole rings is 1. The first-order chi connectivity index (χ1) is 13.6. The number of hydrogen-bond acceptors (Lipinski definition) is 6. The SMILES string of the molecule is O=C(Nc1nc2c(s1)CN(C(=O)Cc1ccccc1Cl)CC2)c1cnccn1. The van der Waals surface area contributed by atoms with Crippen molar-refractivity contribution >= 4 is 39.9 Å². The van der Waals surface area contributed by atoms with Crippen molar-refractivity contribution in [1.29, 1.82) is 0 Å². The van der Waals surface area contributed by atoms with Crippen molar-refractivity contribution in [2.45, 2.75) is 19.4 Å². The molecule has 7 nitrogen and oxygen atoms in total. The van der Waals surface area contributed by atoms with E-state index in [1.807, 2.05) is 18.2 Å². The number of nitrogens with zero attached hydrogens (tertiary/aromatic N) is 4. The van der Waals surface area contributed by atoms with Gasteiger partial charge in [0.05, 0.1) is 24.9 Å². The predicted octanol–water partition coefficient (Wildman–Crippen LogP) is 2.97. The summed E-state index contributed by atoms with van der Waals surface area (Å²) in [6.45, 7) is 1.08. The van der Waals surface area contributed by atoms with Gasteiger partial charge in [0.1, 0.15) is 5.69 Å². The first-order valence-corrected chi connectivity index (χ1v) is 9.86. The average molecular weight is 414 g/mol. The average Bonchev–Trinajstić information content (AvgIpc) is 3.11. The molecule has 1 aromatic carbocycles. The van der Waals surface area contributed by atoms with Gasteiger partial charge in [-0.2, -0.15) is 0 Å². The monoisotopic (exact) mass is 413 g/mol. The lowest BCUT2D eigenvalue weighted by atomic mass is 10.1. The molecule has 142 valence electrons. The summed E-state index contributed by atoms with van der Waals surface area (Å²) in [5.74, 6) is -0.330. The number of carbonyl (C=O) groups excluding carboxylic acids is 2. The summed E-state index contributed by atoms with van der Waals surface area (Å²) in [5, 5.41) is 3.85. The van der Waals surface area contributed by atoms with Gasteiger partial charge in [-0.1, -0.05) is 41.1 Å². The number of halogens is 1. The van der Waals surface area contributed by atoms with Gasteiger partial charge in [0, 0.05) is 35.3 Å². The fourth-order valence-electron chi connectivity index (χ4n) is 2.96. The van der Waals surface area contributed by atoms with Crippen molar-refractivity contribution in [3.63, 3.8) is 0 Å². The van der Waals surface area contributed by atoms with E-state index in [2.05, 4.69) is 20.3 Å². The van der Waals surface area contributed by atoms with Crippen molar-refractivity contribution in [3.05, 3.63) is 69.7 Å². The summed E-state index contributed by atoms with van der Waals surface area (Å²) >= 11 is 7.54. The topological polar surface area (TPSA) is 88.1 Å². The van der Waals surface area contributed by atoms with E-state index in [1.165, 1.54) is 29.9 Å². The Morgan fingerprint density at radius 3 is 2.89 bits per heavy atom. The van der Waals surface area contributed by atoms with Gasteiger partial charge >= 0.3 is 0 Å². The largest absolute Gasteiger partial charge is 0.337 e. The van der Waals surface area contributed by atoms with Gasteiger partial charge in [-0.3, -0.25) is 19.9 Å². The van der Waals surface area contributed by atoms with E-state index in [0.717, 1.165) is 16.1 Å². The fourth-order valence-corrected chi connectivity index (χ4v) is 4.18. The summed E-state index contributed by atoms with van der Waals surface area (Å²) in [6.07, 6.45) is 5.29. The molecule has 0 atom stereocenters. The second-order valence-corrected chi connectivity index (χ2v) is 7.76. The van der Waals surface area contributed by atoms with Gasteiger partial charge in [0.2, 0.25) is 5.91 Å². The van der Waals surface area contributed by atoms with Gasteiger partial charge < -0.3 is 4.90 Å². The predicted molar refractivity (Wildman–Crippen MR) is 106 cm³/mol. The van der Waals surface area contributed by atoms with Gasteiger partial charge in [0.15, 0.2) is 5.13 Å². The molecule has 0 saturated heterocycles. The zero-order chi connectivity index (χ0) is 19.5. The zero-order valence-electron chi connectivity index (χ0n) is 14.8. The Bertz CT molecular complexity index is 1020. The Morgan fingerprint density at radius 2 is 2.11 bits per heavy atom. The van der Waals surface area contributed by atoms with Crippen molar-refractivity contribution in [3.8, 4) is 0 Å². The second kappa shape index (κ2) is 8.04. The molecule has 2 aromatic heterocycles. The van der Waals surface area contributed by atoms with E-state index in [9.17, 15) is 9.59 Å². The Kier molecular flexibility index (Phi) is 5.31. The van der Waals surface area contributed by atoms with Crippen LogP contribution in [0, 0.1) is 0 Å². The first kappa shape index (κ1) is 18.5. The number of amides is 2. The number of hydrogen-bond donors (Lipinski definition) is 1. The lowest BCUT2D eigenvalue weighted by Crippen LogP contribution is -2.36. The molecule has 4 rings (SSSR count). The lowest BCUT2D eigenvalue weighted by Gasteiger charge is -2.26. The van der Waals surface area contributed by atoms with Crippen molar-refractivity contribution in [1.82, 2.24) is 19.9 Å². The van der Waals surface area contributed by atoms with Crippen LogP contribution in [0.3, 0.4) is 0 Å². The van der Waals surface area contributed by atoms with Gasteiger partial charge in [-0.25, -0.2) is 9.97 Å². The minimum Gasteiger partial charge on any atom is -0.337 e. The van der Waals surface area contributed by atoms with Crippen LogP contribution >= 0.6 is 22.9 Å². The van der Waals surface area contributed by atoms with Gasteiger partial charge in [-0.05, 0) is 11.6 Å². The third kappa shape index (κ3) is 4.02. The number of benzene rings is 1. The van der Waals surface area contributed by atoms with Gasteiger partial charge in [0.25, 0.3) is 5.91 Å². The van der Waals surface area contributed by atoms with Crippen LogP contribution in [-0.4, -0.2) is 38.2 Å². The molecule has 2 amide bonds. The Balaban J connectivity index is 1.42. The Morgan fingerprint density at radius 1 is 1.25 bits per heavy atom. The van der Waals surface area contributed by atoms with Crippen molar-refractivity contribution in [2.24, 2.45) is 0 Å². The van der Waals surface area contributed by atoms with Crippen LogP contribution in [0.25, 0.3) is 0 Å². The Hall–Kier alpha value is -2.84. The van der Waals surface area contributed by atoms with Crippen LogP contribution in [0.1, 0.15) is 26.6 Å². The maximum absolute atomic E-state index is 12.7. The summed E-state index contributed by atoms with van der Waals surface area (Å²) < 4.78 is 0. The molecule has 0 aliphatic carbocycles. The van der Waals surface area contributed by atoms with E-state index >= 15 is 0 Å².